The Morgan fingerprint density at radius 1 is 0.786 bits per heavy atom. The van der Waals surface area contributed by atoms with Crippen molar-refractivity contribution in [1.29, 1.82) is 0 Å². The summed E-state index contributed by atoms with van der Waals surface area (Å²) in [4.78, 5) is 16.8. The van der Waals surface area contributed by atoms with Gasteiger partial charge in [-0.05, 0) is 48.5 Å². The number of nitrogens with one attached hydrogen (secondary N) is 2. The van der Waals surface area contributed by atoms with E-state index >= 15 is 0 Å². The van der Waals surface area contributed by atoms with Crippen molar-refractivity contribution in [2.24, 2.45) is 0 Å². The van der Waals surface area contributed by atoms with E-state index in [1.165, 1.54) is 11.3 Å². The molecule has 0 atom stereocenters. The second kappa shape index (κ2) is 8.37. The van der Waals surface area contributed by atoms with Crippen LogP contribution < -0.4 is 15.4 Å². The third-order valence-corrected chi connectivity index (χ3v) is 4.61. The van der Waals surface area contributed by atoms with Gasteiger partial charge in [0.25, 0.3) is 5.91 Å². The molecule has 0 aliphatic heterocycles. The van der Waals surface area contributed by atoms with Crippen molar-refractivity contribution in [3.8, 4) is 11.5 Å². The van der Waals surface area contributed by atoms with Gasteiger partial charge in [0.05, 0.1) is 0 Å². The highest BCUT2D eigenvalue weighted by molar-refractivity contribution is 7.14. The highest BCUT2D eigenvalue weighted by Gasteiger charge is 2.11. The highest BCUT2D eigenvalue weighted by atomic mass is 32.1. The number of carbonyl (C=O) groups is 1. The summed E-state index contributed by atoms with van der Waals surface area (Å²) in [7, 11) is 0. The summed E-state index contributed by atoms with van der Waals surface area (Å²) in [6.07, 6.45) is 0. The molecule has 1 heterocycles. The van der Waals surface area contributed by atoms with Crippen LogP contribution in [0.5, 0.6) is 11.5 Å². The van der Waals surface area contributed by atoms with Crippen molar-refractivity contribution in [1.82, 2.24) is 4.98 Å². The molecule has 0 saturated carbocycles. The normalized spacial score (nSPS) is 10.3. The Labute approximate surface area is 166 Å². The smallest absolute Gasteiger partial charge is 0.275 e. The van der Waals surface area contributed by atoms with Crippen LogP contribution in [0.3, 0.4) is 0 Å². The van der Waals surface area contributed by atoms with E-state index in [2.05, 4.69) is 15.6 Å². The number of amides is 1. The predicted molar refractivity (Wildman–Crippen MR) is 113 cm³/mol. The fourth-order valence-corrected chi connectivity index (χ4v) is 3.22. The molecule has 138 valence electrons. The molecule has 0 fully saturated rings. The summed E-state index contributed by atoms with van der Waals surface area (Å²) in [5.41, 5.74) is 1.97. The first-order valence-electron chi connectivity index (χ1n) is 8.68. The van der Waals surface area contributed by atoms with E-state index in [-0.39, 0.29) is 5.91 Å². The van der Waals surface area contributed by atoms with Crippen LogP contribution in [0.25, 0.3) is 0 Å². The number of benzene rings is 3. The fourth-order valence-electron chi connectivity index (χ4n) is 2.51. The maximum absolute atomic E-state index is 12.4. The molecule has 6 heteroatoms. The zero-order chi connectivity index (χ0) is 19.2. The molecule has 0 spiro atoms. The zero-order valence-electron chi connectivity index (χ0n) is 14.8. The van der Waals surface area contributed by atoms with E-state index in [0.717, 1.165) is 11.4 Å². The highest BCUT2D eigenvalue weighted by Crippen LogP contribution is 2.24. The summed E-state index contributed by atoms with van der Waals surface area (Å²) in [6, 6.07) is 26.5. The van der Waals surface area contributed by atoms with E-state index in [1.54, 1.807) is 17.5 Å². The number of anilines is 3. The number of thiazole rings is 1. The van der Waals surface area contributed by atoms with Crippen molar-refractivity contribution in [3.63, 3.8) is 0 Å². The summed E-state index contributed by atoms with van der Waals surface area (Å²) in [6.45, 7) is 0. The standard InChI is InChI=1S/C22H17N3O2S/c26-21(20-15-28-22(25-20)24-16-7-3-1-4-8-16)23-17-11-13-19(14-12-17)27-18-9-5-2-6-10-18/h1-15H,(H,23,26)(H,24,25). The van der Waals surface area contributed by atoms with E-state index in [0.29, 0.717) is 22.3 Å². The van der Waals surface area contributed by atoms with Crippen molar-refractivity contribution < 1.29 is 9.53 Å². The number of aromatic nitrogens is 1. The van der Waals surface area contributed by atoms with Gasteiger partial charge in [0, 0.05) is 16.8 Å². The number of nitrogens with zero attached hydrogens (tertiary/aromatic N) is 1. The molecule has 5 nitrogen and oxygen atoms in total. The van der Waals surface area contributed by atoms with Gasteiger partial charge in [-0.3, -0.25) is 4.79 Å². The lowest BCUT2D eigenvalue weighted by Crippen LogP contribution is -2.12. The largest absolute Gasteiger partial charge is 0.457 e. The molecule has 4 rings (SSSR count). The summed E-state index contributed by atoms with van der Waals surface area (Å²) in [5, 5.41) is 8.43. The van der Waals surface area contributed by atoms with Crippen LogP contribution in [0.2, 0.25) is 0 Å². The van der Waals surface area contributed by atoms with E-state index in [1.807, 2.05) is 72.8 Å². The molecule has 4 aromatic rings. The average molecular weight is 387 g/mol. The van der Waals surface area contributed by atoms with Gasteiger partial charge < -0.3 is 15.4 Å². The Balaban J connectivity index is 1.37. The topological polar surface area (TPSA) is 63.2 Å². The van der Waals surface area contributed by atoms with E-state index in [9.17, 15) is 4.79 Å². The molecule has 1 amide bonds. The molecule has 0 saturated heterocycles. The lowest BCUT2D eigenvalue weighted by atomic mass is 10.3. The van der Waals surface area contributed by atoms with E-state index < -0.39 is 0 Å². The van der Waals surface area contributed by atoms with Gasteiger partial charge in [-0.2, -0.15) is 0 Å². The third kappa shape index (κ3) is 4.55. The molecule has 0 aliphatic carbocycles. The Morgan fingerprint density at radius 2 is 1.43 bits per heavy atom. The molecule has 2 N–H and O–H groups in total. The molecular formula is C22H17N3O2S. The Morgan fingerprint density at radius 3 is 2.14 bits per heavy atom. The molecule has 1 aromatic heterocycles. The Bertz CT molecular complexity index is 1050. The molecule has 3 aromatic carbocycles. The minimum absolute atomic E-state index is 0.255. The first kappa shape index (κ1) is 17.8. The van der Waals surface area contributed by atoms with Crippen molar-refractivity contribution >= 4 is 33.8 Å². The minimum Gasteiger partial charge on any atom is -0.457 e. The molecule has 0 radical (unpaired) electrons. The number of carbonyl (C=O) groups excluding carboxylic acids is 1. The second-order valence-electron chi connectivity index (χ2n) is 5.92. The van der Waals surface area contributed by atoms with Gasteiger partial charge >= 0.3 is 0 Å². The van der Waals surface area contributed by atoms with Crippen LogP contribution in [0.1, 0.15) is 10.5 Å². The molecule has 0 unspecified atom stereocenters. The number of ether oxygens (including phenoxy) is 1. The van der Waals surface area contributed by atoms with Crippen LogP contribution >= 0.6 is 11.3 Å². The number of para-hydroxylation sites is 2. The summed E-state index contributed by atoms with van der Waals surface area (Å²) < 4.78 is 5.75. The summed E-state index contributed by atoms with van der Waals surface area (Å²) in [5.74, 6) is 1.21. The quantitative estimate of drug-likeness (QED) is 0.430. The Hall–Kier alpha value is -3.64. The van der Waals surface area contributed by atoms with Crippen LogP contribution in [0.15, 0.2) is 90.3 Å². The third-order valence-electron chi connectivity index (χ3n) is 3.85. The predicted octanol–water partition coefficient (Wildman–Crippen LogP) is 5.93. The number of hydrogen-bond acceptors (Lipinski definition) is 5. The van der Waals surface area contributed by atoms with Gasteiger partial charge in [0.2, 0.25) is 0 Å². The van der Waals surface area contributed by atoms with Gasteiger partial charge in [0.1, 0.15) is 17.2 Å². The first-order valence-corrected chi connectivity index (χ1v) is 9.56. The minimum atomic E-state index is -0.255. The lowest BCUT2D eigenvalue weighted by molar-refractivity contribution is 0.102. The number of rotatable bonds is 6. The zero-order valence-corrected chi connectivity index (χ0v) is 15.6. The van der Waals surface area contributed by atoms with Gasteiger partial charge in [-0.25, -0.2) is 4.98 Å². The molecule has 0 aliphatic rings. The SMILES string of the molecule is O=C(Nc1ccc(Oc2ccccc2)cc1)c1csc(Nc2ccccc2)n1. The number of hydrogen-bond donors (Lipinski definition) is 2. The molecular weight excluding hydrogens is 370 g/mol. The maximum Gasteiger partial charge on any atom is 0.275 e. The average Bonchev–Trinajstić information content (AvgIpc) is 3.20. The van der Waals surface area contributed by atoms with Crippen LogP contribution in [0.4, 0.5) is 16.5 Å². The van der Waals surface area contributed by atoms with E-state index in [4.69, 9.17) is 4.74 Å². The molecule has 28 heavy (non-hydrogen) atoms. The summed E-state index contributed by atoms with van der Waals surface area (Å²) >= 11 is 1.38. The van der Waals surface area contributed by atoms with Crippen LogP contribution in [-0.2, 0) is 0 Å². The van der Waals surface area contributed by atoms with Crippen molar-refractivity contribution in [3.05, 3.63) is 96.0 Å². The lowest BCUT2D eigenvalue weighted by Gasteiger charge is -2.07. The first-order chi connectivity index (χ1) is 13.8. The van der Waals surface area contributed by atoms with Crippen molar-refractivity contribution in [2.75, 3.05) is 10.6 Å². The second-order valence-corrected chi connectivity index (χ2v) is 6.78. The Kier molecular flexibility index (Phi) is 5.31. The van der Waals surface area contributed by atoms with Crippen LogP contribution in [-0.4, -0.2) is 10.9 Å². The van der Waals surface area contributed by atoms with Crippen LogP contribution in [0, 0.1) is 0 Å². The van der Waals surface area contributed by atoms with Gasteiger partial charge in [-0.15, -0.1) is 11.3 Å². The van der Waals surface area contributed by atoms with Gasteiger partial charge in [-0.1, -0.05) is 36.4 Å². The maximum atomic E-state index is 12.4. The fraction of sp³-hybridized carbons (Fsp3) is 0. The molecule has 0 bridgehead atoms. The van der Waals surface area contributed by atoms with Gasteiger partial charge in [0.15, 0.2) is 5.13 Å². The monoisotopic (exact) mass is 387 g/mol. The van der Waals surface area contributed by atoms with Crippen molar-refractivity contribution in [2.45, 2.75) is 0 Å².